The van der Waals surface area contributed by atoms with Crippen molar-refractivity contribution in [1.82, 2.24) is 0 Å². The van der Waals surface area contributed by atoms with Gasteiger partial charge in [0.1, 0.15) is 17.2 Å². The Bertz CT molecular complexity index is 770. The highest BCUT2D eigenvalue weighted by Gasteiger charge is 2.35. The number of aromatic hydroxyl groups is 1. The first-order valence-electron chi connectivity index (χ1n) is 8.64. The molecular weight excluding hydrogens is 332 g/mol. The van der Waals surface area contributed by atoms with Crippen LogP contribution in [0.2, 0.25) is 0 Å². The minimum absolute atomic E-state index is 0.282. The summed E-state index contributed by atoms with van der Waals surface area (Å²) in [5.74, 6) is 0.510. The number of carbonyl (C=O) groups is 1. The molecule has 140 valence electrons. The highest BCUT2D eigenvalue weighted by molar-refractivity contribution is 5.77. The number of hydrogen-bond donors (Lipinski definition) is 2. The van der Waals surface area contributed by atoms with Crippen LogP contribution in [-0.4, -0.2) is 28.4 Å². The molecule has 0 spiro atoms. The first kappa shape index (κ1) is 19.6. The molecule has 26 heavy (non-hydrogen) atoms. The quantitative estimate of drug-likeness (QED) is 0.684. The van der Waals surface area contributed by atoms with Crippen LogP contribution in [0.5, 0.6) is 17.2 Å². The van der Waals surface area contributed by atoms with E-state index in [-0.39, 0.29) is 5.75 Å². The summed E-state index contributed by atoms with van der Waals surface area (Å²) in [6.07, 6.45) is 0.834. The van der Waals surface area contributed by atoms with E-state index in [9.17, 15) is 15.0 Å². The molecule has 0 radical (unpaired) electrons. The molecule has 2 rings (SSSR count). The van der Waals surface area contributed by atoms with E-state index < -0.39 is 11.6 Å². The third-order valence-corrected chi connectivity index (χ3v) is 4.60. The fourth-order valence-electron chi connectivity index (χ4n) is 2.72. The Labute approximate surface area is 154 Å². The number of benzene rings is 2. The summed E-state index contributed by atoms with van der Waals surface area (Å²) in [7, 11) is 0. The number of carboxylic acids is 1. The monoisotopic (exact) mass is 358 g/mol. The molecule has 1 unspecified atom stereocenters. The summed E-state index contributed by atoms with van der Waals surface area (Å²) in [5, 5.41) is 19.5. The van der Waals surface area contributed by atoms with E-state index in [1.807, 2.05) is 26.8 Å². The Hall–Kier alpha value is -2.69. The molecular formula is C21H26O5. The Kier molecular flexibility index (Phi) is 6.14. The molecule has 0 aliphatic carbocycles. The topological polar surface area (TPSA) is 76.0 Å². The smallest absolute Gasteiger partial charge is 0.347 e. The maximum absolute atomic E-state index is 11.7. The molecule has 0 aliphatic rings. The number of rotatable bonds is 8. The third-order valence-electron chi connectivity index (χ3n) is 4.60. The second-order valence-electron chi connectivity index (χ2n) is 6.69. The van der Waals surface area contributed by atoms with E-state index >= 15 is 0 Å². The van der Waals surface area contributed by atoms with Gasteiger partial charge in [0.15, 0.2) is 0 Å². The van der Waals surface area contributed by atoms with Crippen molar-refractivity contribution in [2.45, 2.75) is 46.1 Å². The SMILES string of the molecule is Cc1cc(OCCCC(C)(Oc2ccccc2)C(=O)O)c(C)c(C)c1O. The number of phenolic OH excluding ortho intramolecular Hbond substituents is 1. The van der Waals surface area contributed by atoms with Crippen molar-refractivity contribution >= 4 is 5.97 Å². The van der Waals surface area contributed by atoms with E-state index in [0.717, 1.165) is 16.7 Å². The summed E-state index contributed by atoms with van der Waals surface area (Å²) in [6.45, 7) is 7.50. The lowest BCUT2D eigenvalue weighted by Crippen LogP contribution is -2.41. The molecule has 0 aromatic heterocycles. The molecule has 1 atom stereocenters. The predicted molar refractivity (Wildman–Crippen MR) is 100 cm³/mol. The van der Waals surface area contributed by atoms with Crippen LogP contribution in [0.15, 0.2) is 36.4 Å². The van der Waals surface area contributed by atoms with E-state index in [2.05, 4.69) is 0 Å². The fraction of sp³-hybridized carbons (Fsp3) is 0.381. The zero-order valence-electron chi connectivity index (χ0n) is 15.7. The molecule has 2 N–H and O–H groups in total. The number of phenols is 1. The first-order chi connectivity index (χ1) is 12.2. The van der Waals surface area contributed by atoms with Gasteiger partial charge in [0.2, 0.25) is 5.60 Å². The second kappa shape index (κ2) is 8.13. The standard InChI is InChI=1S/C21H26O5/c1-14-13-18(15(2)16(3)19(14)22)25-12-8-11-21(4,20(23)24)26-17-9-6-5-7-10-17/h5-7,9-10,13,22H,8,11-12H2,1-4H3,(H,23,24). The van der Waals surface area contributed by atoms with Gasteiger partial charge >= 0.3 is 5.97 Å². The van der Waals surface area contributed by atoms with Gasteiger partial charge in [-0.05, 0) is 69.0 Å². The predicted octanol–water partition coefficient (Wildman–Crippen LogP) is 4.40. The zero-order valence-corrected chi connectivity index (χ0v) is 15.7. The minimum Gasteiger partial charge on any atom is -0.507 e. The van der Waals surface area contributed by atoms with Crippen LogP contribution < -0.4 is 9.47 Å². The highest BCUT2D eigenvalue weighted by atomic mass is 16.5. The Morgan fingerprint density at radius 3 is 2.38 bits per heavy atom. The molecule has 0 bridgehead atoms. The molecule has 0 aliphatic heterocycles. The Morgan fingerprint density at radius 2 is 1.77 bits per heavy atom. The van der Waals surface area contributed by atoms with Gasteiger partial charge in [-0.1, -0.05) is 18.2 Å². The zero-order chi connectivity index (χ0) is 19.3. The van der Waals surface area contributed by atoms with Crippen LogP contribution in [0.25, 0.3) is 0 Å². The maximum atomic E-state index is 11.7. The minimum atomic E-state index is -1.32. The van der Waals surface area contributed by atoms with Crippen LogP contribution in [0.4, 0.5) is 0 Å². The molecule has 5 nitrogen and oxygen atoms in total. The van der Waals surface area contributed by atoms with Crippen LogP contribution in [0.1, 0.15) is 36.5 Å². The summed E-state index contributed by atoms with van der Waals surface area (Å²) in [6, 6.07) is 10.7. The van der Waals surface area contributed by atoms with Crippen molar-refractivity contribution < 1.29 is 24.5 Å². The summed E-state index contributed by atoms with van der Waals surface area (Å²) < 4.78 is 11.5. The van der Waals surface area contributed by atoms with Crippen molar-refractivity contribution in [3.05, 3.63) is 53.1 Å². The molecule has 0 amide bonds. The molecule has 0 saturated heterocycles. The summed E-state index contributed by atoms with van der Waals surface area (Å²) in [4.78, 5) is 11.7. The van der Waals surface area contributed by atoms with Gasteiger partial charge in [-0.15, -0.1) is 0 Å². The fourth-order valence-corrected chi connectivity index (χ4v) is 2.72. The van der Waals surface area contributed by atoms with Gasteiger partial charge in [0.05, 0.1) is 6.61 Å². The molecule has 5 heteroatoms. The Balaban J connectivity index is 1.98. The number of carboxylic acid groups (broad SMARTS) is 1. The van der Waals surface area contributed by atoms with Crippen LogP contribution in [-0.2, 0) is 4.79 Å². The molecule has 0 heterocycles. The maximum Gasteiger partial charge on any atom is 0.347 e. The first-order valence-corrected chi connectivity index (χ1v) is 8.64. The number of para-hydroxylation sites is 1. The normalized spacial score (nSPS) is 13.1. The van der Waals surface area contributed by atoms with Gasteiger partial charge < -0.3 is 19.7 Å². The second-order valence-corrected chi connectivity index (χ2v) is 6.69. The van der Waals surface area contributed by atoms with E-state index in [1.165, 1.54) is 0 Å². The number of ether oxygens (including phenoxy) is 2. The Morgan fingerprint density at radius 1 is 1.12 bits per heavy atom. The summed E-state index contributed by atoms with van der Waals surface area (Å²) >= 11 is 0. The van der Waals surface area contributed by atoms with Gasteiger partial charge in [0.25, 0.3) is 0 Å². The van der Waals surface area contributed by atoms with Gasteiger partial charge in [-0.3, -0.25) is 0 Å². The molecule has 2 aromatic carbocycles. The molecule has 0 saturated carbocycles. The van der Waals surface area contributed by atoms with Crippen molar-refractivity contribution in [2.75, 3.05) is 6.61 Å². The van der Waals surface area contributed by atoms with E-state index in [1.54, 1.807) is 37.3 Å². The van der Waals surface area contributed by atoms with Crippen molar-refractivity contribution in [2.24, 2.45) is 0 Å². The average molecular weight is 358 g/mol. The van der Waals surface area contributed by atoms with E-state index in [4.69, 9.17) is 9.47 Å². The third kappa shape index (κ3) is 4.48. The molecule has 2 aromatic rings. The number of aryl methyl sites for hydroxylation is 1. The lowest BCUT2D eigenvalue weighted by atomic mass is 10.00. The number of hydrogen-bond acceptors (Lipinski definition) is 4. The molecule has 0 fully saturated rings. The lowest BCUT2D eigenvalue weighted by Gasteiger charge is -2.26. The van der Waals surface area contributed by atoms with Crippen molar-refractivity contribution in [3.8, 4) is 17.2 Å². The lowest BCUT2D eigenvalue weighted by molar-refractivity contribution is -0.154. The van der Waals surface area contributed by atoms with Crippen LogP contribution in [0.3, 0.4) is 0 Å². The highest BCUT2D eigenvalue weighted by Crippen LogP contribution is 2.32. The number of aliphatic carboxylic acids is 1. The largest absolute Gasteiger partial charge is 0.507 e. The summed E-state index contributed by atoms with van der Waals surface area (Å²) in [5.41, 5.74) is 1.11. The van der Waals surface area contributed by atoms with Crippen LogP contribution in [0, 0.1) is 20.8 Å². The van der Waals surface area contributed by atoms with Crippen molar-refractivity contribution in [1.29, 1.82) is 0 Å². The van der Waals surface area contributed by atoms with Gasteiger partial charge in [0, 0.05) is 6.42 Å². The van der Waals surface area contributed by atoms with E-state index in [0.29, 0.717) is 30.9 Å². The average Bonchev–Trinajstić information content (AvgIpc) is 2.61. The van der Waals surface area contributed by atoms with Gasteiger partial charge in [-0.2, -0.15) is 0 Å². The van der Waals surface area contributed by atoms with Crippen molar-refractivity contribution in [3.63, 3.8) is 0 Å². The van der Waals surface area contributed by atoms with Gasteiger partial charge in [-0.25, -0.2) is 4.79 Å². The van der Waals surface area contributed by atoms with Crippen LogP contribution >= 0.6 is 0 Å².